The van der Waals surface area contributed by atoms with Gasteiger partial charge in [-0.3, -0.25) is 4.90 Å². The zero-order valence-electron chi connectivity index (χ0n) is 8.50. The standard InChI is InChI=1S/C10H20N2O/c1-11-4-2-10(3-5-11)8-12(9-10)6-7-13/h13H,2-9H2,1H3. The Labute approximate surface area is 80.3 Å². The molecule has 0 amide bonds. The van der Waals surface area contributed by atoms with Gasteiger partial charge in [0.2, 0.25) is 0 Å². The highest BCUT2D eigenvalue weighted by Gasteiger charge is 2.43. The molecule has 2 heterocycles. The van der Waals surface area contributed by atoms with Crippen LogP contribution in [0, 0.1) is 5.41 Å². The lowest BCUT2D eigenvalue weighted by molar-refractivity contribution is -0.0480. The van der Waals surface area contributed by atoms with Gasteiger partial charge in [-0.2, -0.15) is 0 Å². The summed E-state index contributed by atoms with van der Waals surface area (Å²) in [5.41, 5.74) is 0.627. The Kier molecular flexibility index (Phi) is 2.58. The Bertz CT molecular complexity index is 168. The number of nitrogens with zero attached hydrogens (tertiary/aromatic N) is 2. The summed E-state index contributed by atoms with van der Waals surface area (Å²) < 4.78 is 0. The Balaban J connectivity index is 1.76. The number of piperidine rings is 1. The van der Waals surface area contributed by atoms with Gasteiger partial charge in [-0.25, -0.2) is 0 Å². The van der Waals surface area contributed by atoms with Crippen molar-refractivity contribution in [2.75, 3.05) is 46.4 Å². The molecular weight excluding hydrogens is 164 g/mol. The second kappa shape index (κ2) is 3.56. The quantitative estimate of drug-likeness (QED) is 0.655. The molecule has 0 aromatic rings. The lowest BCUT2D eigenvalue weighted by atomic mass is 9.72. The van der Waals surface area contributed by atoms with Crippen molar-refractivity contribution in [2.45, 2.75) is 12.8 Å². The van der Waals surface area contributed by atoms with Crippen LogP contribution in [0.3, 0.4) is 0 Å². The molecule has 1 N–H and O–H groups in total. The lowest BCUT2D eigenvalue weighted by Gasteiger charge is -2.53. The Morgan fingerprint density at radius 2 is 1.85 bits per heavy atom. The maximum Gasteiger partial charge on any atom is 0.0558 e. The van der Waals surface area contributed by atoms with Crippen LogP contribution in [-0.2, 0) is 0 Å². The summed E-state index contributed by atoms with van der Waals surface area (Å²) in [4.78, 5) is 4.78. The number of hydrogen-bond acceptors (Lipinski definition) is 3. The van der Waals surface area contributed by atoms with Crippen LogP contribution in [0.5, 0.6) is 0 Å². The molecule has 0 aliphatic carbocycles. The highest BCUT2D eigenvalue weighted by molar-refractivity contribution is 4.97. The molecule has 2 aliphatic rings. The number of aliphatic hydroxyl groups excluding tert-OH is 1. The number of hydrogen-bond donors (Lipinski definition) is 1. The molecule has 2 aliphatic heterocycles. The normalized spacial score (nSPS) is 29.1. The highest BCUT2D eigenvalue weighted by Crippen LogP contribution is 2.39. The number of aliphatic hydroxyl groups is 1. The fourth-order valence-corrected chi connectivity index (χ4v) is 2.61. The van der Waals surface area contributed by atoms with Gasteiger partial charge in [-0.05, 0) is 38.4 Å². The molecule has 3 nitrogen and oxygen atoms in total. The van der Waals surface area contributed by atoms with E-state index in [0.717, 1.165) is 6.54 Å². The minimum atomic E-state index is 0.315. The first-order chi connectivity index (χ1) is 6.24. The van der Waals surface area contributed by atoms with Crippen LogP contribution < -0.4 is 0 Å². The Morgan fingerprint density at radius 1 is 1.23 bits per heavy atom. The molecule has 0 aromatic carbocycles. The summed E-state index contributed by atoms with van der Waals surface area (Å²) >= 11 is 0. The van der Waals surface area contributed by atoms with Crippen LogP contribution >= 0.6 is 0 Å². The van der Waals surface area contributed by atoms with Crippen LogP contribution in [0.2, 0.25) is 0 Å². The fourth-order valence-electron chi connectivity index (χ4n) is 2.61. The third-order valence-corrected chi connectivity index (χ3v) is 3.58. The molecule has 13 heavy (non-hydrogen) atoms. The molecule has 0 aromatic heterocycles. The predicted octanol–water partition coefficient (Wildman–Crippen LogP) is 0.00630. The molecule has 3 heteroatoms. The first-order valence-corrected chi connectivity index (χ1v) is 5.26. The Hall–Kier alpha value is -0.120. The monoisotopic (exact) mass is 184 g/mol. The maximum absolute atomic E-state index is 8.78. The van der Waals surface area contributed by atoms with E-state index >= 15 is 0 Å². The molecule has 2 rings (SSSR count). The van der Waals surface area contributed by atoms with Crippen molar-refractivity contribution >= 4 is 0 Å². The number of β-amino-alcohol motifs (C(OH)–C–C–N with tert-alkyl or cyclic N) is 1. The summed E-state index contributed by atoms with van der Waals surface area (Å²) in [7, 11) is 2.21. The van der Waals surface area contributed by atoms with E-state index in [4.69, 9.17) is 5.11 Å². The second-order valence-corrected chi connectivity index (χ2v) is 4.74. The Morgan fingerprint density at radius 3 is 2.38 bits per heavy atom. The average Bonchev–Trinajstić information content (AvgIpc) is 2.07. The summed E-state index contributed by atoms with van der Waals surface area (Å²) in [6.07, 6.45) is 2.71. The van der Waals surface area contributed by atoms with E-state index < -0.39 is 0 Å². The van der Waals surface area contributed by atoms with Crippen LogP contribution in [0.15, 0.2) is 0 Å². The summed E-state index contributed by atoms with van der Waals surface area (Å²) in [5.74, 6) is 0. The minimum Gasteiger partial charge on any atom is -0.395 e. The van der Waals surface area contributed by atoms with Crippen LogP contribution in [-0.4, -0.2) is 61.3 Å². The van der Waals surface area contributed by atoms with E-state index in [2.05, 4.69) is 16.8 Å². The molecule has 0 radical (unpaired) electrons. The van der Waals surface area contributed by atoms with Crippen LogP contribution in [0.1, 0.15) is 12.8 Å². The number of rotatable bonds is 2. The summed E-state index contributed by atoms with van der Waals surface area (Å²) in [5, 5.41) is 8.78. The molecule has 2 fully saturated rings. The smallest absolute Gasteiger partial charge is 0.0558 e. The van der Waals surface area contributed by atoms with E-state index in [9.17, 15) is 0 Å². The van der Waals surface area contributed by atoms with Crippen molar-refractivity contribution in [3.05, 3.63) is 0 Å². The van der Waals surface area contributed by atoms with E-state index in [1.807, 2.05) is 0 Å². The van der Waals surface area contributed by atoms with Crippen LogP contribution in [0.25, 0.3) is 0 Å². The first-order valence-electron chi connectivity index (χ1n) is 5.26. The van der Waals surface area contributed by atoms with Crippen molar-refractivity contribution in [1.82, 2.24) is 9.80 Å². The zero-order chi connectivity index (χ0) is 9.31. The zero-order valence-corrected chi connectivity index (χ0v) is 8.50. The minimum absolute atomic E-state index is 0.315. The lowest BCUT2D eigenvalue weighted by Crippen LogP contribution is -2.60. The van der Waals surface area contributed by atoms with Crippen LogP contribution in [0.4, 0.5) is 0 Å². The maximum atomic E-state index is 8.78. The van der Waals surface area contributed by atoms with Gasteiger partial charge in [0.15, 0.2) is 0 Å². The molecular formula is C10H20N2O. The van der Waals surface area contributed by atoms with Gasteiger partial charge in [-0.1, -0.05) is 0 Å². The van der Waals surface area contributed by atoms with Crippen molar-refractivity contribution < 1.29 is 5.11 Å². The van der Waals surface area contributed by atoms with Crippen molar-refractivity contribution in [2.24, 2.45) is 5.41 Å². The molecule has 0 bridgehead atoms. The van der Waals surface area contributed by atoms with E-state index in [1.54, 1.807) is 0 Å². The van der Waals surface area contributed by atoms with E-state index in [-0.39, 0.29) is 0 Å². The van der Waals surface area contributed by atoms with Gasteiger partial charge in [-0.15, -0.1) is 0 Å². The van der Waals surface area contributed by atoms with E-state index in [0.29, 0.717) is 12.0 Å². The molecule has 76 valence electrons. The third kappa shape index (κ3) is 1.87. The summed E-state index contributed by atoms with van der Waals surface area (Å²) in [6.45, 7) is 6.15. The van der Waals surface area contributed by atoms with Gasteiger partial charge < -0.3 is 10.0 Å². The van der Waals surface area contributed by atoms with Crippen molar-refractivity contribution in [1.29, 1.82) is 0 Å². The highest BCUT2D eigenvalue weighted by atomic mass is 16.3. The topological polar surface area (TPSA) is 26.7 Å². The fraction of sp³-hybridized carbons (Fsp3) is 1.00. The van der Waals surface area contributed by atoms with Gasteiger partial charge in [0.25, 0.3) is 0 Å². The number of likely N-dealkylation sites (tertiary alicyclic amines) is 2. The van der Waals surface area contributed by atoms with Crippen molar-refractivity contribution in [3.8, 4) is 0 Å². The van der Waals surface area contributed by atoms with Gasteiger partial charge in [0.05, 0.1) is 6.61 Å². The molecule has 1 spiro atoms. The first kappa shape index (κ1) is 9.44. The average molecular weight is 184 g/mol. The second-order valence-electron chi connectivity index (χ2n) is 4.74. The van der Waals surface area contributed by atoms with E-state index in [1.165, 1.54) is 39.0 Å². The van der Waals surface area contributed by atoms with Gasteiger partial charge in [0, 0.05) is 19.6 Å². The SMILES string of the molecule is CN1CCC2(CC1)CN(CCO)C2. The molecule has 0 atom stereocenters. The largest absolute Gasteiger partial charge is 0.395 e. The molecule has 0 saturated carbocycles. The third-order valence-electron chi connectivity index (χ3n) is 3.58. The van der Waals surface area contributed by atoms with Gasteiger partial charge in [0.1, 0.15) is 0 Å². The summed E-state index contributed by atoms with van der Waals surface area (Å²) in [6, 6.07) is 0. The van der Waals surface area contributed by atoms with Crippen molar-refractivity contribution in [3.63, 3.8) is 0 Å². The molecule has 0 unspecified atom stereocenters. The predicted molar refractivity (Wildman–Crippen MR) is 52.7 cm³/mol. The van der Waals surface area contributed by atoms with Gasteiger partial charge >= 0.3 is 0 Å². The molecule has 2 saturated heterocycles.